The zero-order chi connectivity index (χ0) is 22.9. The molecule has 3 rings (SSSR count). The molecule has 3 amide bonds. The monoisotopic (exact) mass is 451 g/mol. The lowest BCUT2D eigenvalue weighted by Crippen LogP contribution is -2.53. The van der Waals surface area contributed by atoms with Gasteiger partial charge in [-0.3, -0.25) is 25.2 Å². The van der Waals surface area contributed by atoms with Crippen molar-refractivity contribution in [3.05, 3.63) is 87.6 Å². The number of benzene rings is 2. The van der Waals surface area contributed by atoms with Gasteiger partial charge in [0.1, 0.15) is 11.8 Å². The average molecular weight is 452 g/mol. The summed E-state index contributed by atoms with van der Waals surface area (Å²) in [5.41, 5.74) is 7.46. The van der Waals surface area contributed by atoms with E-state index in [1.165, 1.54) is 11.3 Å². The number of carbonyl (C=O) groups excluding carboxylic acids is 3. The van der Waals surface area contributed by atoms with Crippen molar-refractivity contribution >= 4 is 29.1 Å². The molecular formula is C24H25N3O4S. The van der Waals surface area contributed by atoms with Gasteiger partial charge in [-0.2, -0.15) is 0 Å². The molecule has 7 nitrogen and oxygen atoms in total. The van der Waals surface area contributed by atoms with Crippen LogP contribution in [-0.4, -0.2) is 30.4 Å². The predicted molar refractivity (Wildman–Crippen MR) is 123 cm³/mol. The number of amides is 3. The zero-order valence-electron chi connectivity index (χ0n) is 17.9. The van der Waals surface area contributed by atoms with Crippen LogP contribution in [0.2, 0.25) is 0 Å². The van der Waals surface area contributed by atoms with E-state index >= 15 is 0 Å². The Kier molecular flexibility index (Phi) is 7.99. The lowest BCUT2D eigenvalue weighted by Gasteiger charge is -2.19. The van der Waals surface area contributed by atoms with Crippen LogP contribution in [0.15, 0.2) is 66.0 Å². The van der Waals surface area contributed by atoms with Gasteiger partial charge in [0.05, 0.1) is 4.88 Å². The standard InChI is InChI=1S/C24H25N3O4S/c1-16-8-6-9-17(2)22(16)31-15-21(28)26-27-23(29)19(14-18-10-4-3-5-11-18)25-24(30)20-12-7-13-32-20/h3-13,19H,14-15H2,1-2H3,(H,25,30)(H,26,28)(H,27,29)/t19-/m0/s1. The van der Waals surface area contributed by atoms with Gasteiger partial charge >= 0.3 is 0 Å². The maximum atomic E-state index is 12.8. The molecule has 0 aliphatic rings. The molecule has 3 aromatic rings. The number of hydrogen-bond donors (Lipinski definition) is 3. The molecule has 0 aliphatic carbocycles. The highest BCUT2D eigenvalue weighted by Crippen LogP contribution is 2.22. The van der Waals surface area contributed by atoms with Crippen molar-refractivity contribution in [1.29, 1.82) is 0 Å². The fourth-order valence-electron chi connectivity index (χ4n) is 3.12. The van der Waals surface area contributed by atoms with Crippen LogP contribution < -0.4 is 20.9 Å². The summed E-state index contributed by atoms with van der Waals surface area (Å²) in [6, 6.07) is 17.6. The highest BCUT2D eigenvalue weighted by molar-refractivity contribution is 7.12. The molecule has 0 radical (unpaired) electrons. The molecule has 0 saturated carbocycles. The van der Waals surface area contributed by atoms with Crippen LogP contribution in [0.4, 0.5) is 0 Å². The average Bonchev–Trinajstić information content (AvgIpc) is 3.32. The highest BCUT2D eigenvalue weighted by atomic mass is 32.1. The molecular weight excluding hydrogens is 426 g/mol. The van der Waals surface area contributed by atoms with Crippen LogP contribution in [0.1, 0.15) is 26.4 Å². The molecule has 0 aliphatic heterocycles. The third-order valence-corrected chi connectivity index (χ3v) is 5.60. The van der Waals surface area contributed by atoms with E-state index in [1.807, 2.05) is 62.4 Å². The molecule has 1 aromatic heterocycles. The van der Waals surface area contributed by atoms with E-state index in [0.29, 0.717) is 10.6 Å². The molecule has 1 atom stereocenters. The van der Waals surface area contributed by atoms with Crippen LogP contribution in [0.3, 0.4) is 0 Å². The summed E-state index contributed by atoms with van der Waals surface area (Å²) in [6.07, 6.45) is 0.276. The summed E-state index contributed by atoms with van der Waals surface area (Å²) < 4.78 is 5.60. The third-order valence-electron chi connectivity index (χ3n) is 4.73. The van der Waals surface area contributed by atoms with Gasteiger partial charge < -0.3 is 10.1 Å². The van der Waals surface area contributed by atoms with E-state index in [1.54, 1.807) is 17.5 Å². The smallest absolute Gasteiger partial charge is 0.276 e. The molecule has 0 unspecified atom stereocenters. The summed E-state index contributed by atoms with van der Waals surface area (Å²) in [6.45, 7) is 3.54. The fourth-order valence-corrected chi connectivity index (χ4v) is 3.74. The molecule has 166 valence electrons. The number of thiophene rings is 1. The zero-order valence-corrected chi connectivity index (χ0v) is 18.7. The largest absolute Gasteiger partial charge is 0.483 e. The van der Waals surface area contributed by atoms with Crippen molar-refractivity contribution in [3.8, 4) is 5.75 Å². The van der Waals surface area contributed by atoms with Crippen molar-refractivity contribution in [2.75, 3.05) is 6.61 Å². The second kappa shape index (κ2) is 11.1. The lowest BCUT2D eigenvalue weighted by atomic mass is 10.1. The number of para-hydroxylation sites is 1. The molecule has 2 aromatic carbocycles. The molecule has 3 N–H and O–H groups in total. The number of rotatable bonds is 8. The molecule has 32 heavy (non-hydrogen) atoms. The first-order chi connectivity index (χ1) is 15.4. The molecule has 0 bridgehead atoms. The van der Waals surface area contributed by atoms with Crippen LogP contribution in [-0.2, 0) is 16.0 Å². The molecule has 1 heterocycles. The van der Waals surface area contributed by atoms with Gasteiger partial charge in [-0.1, -0.05) is 54.6 Å². The minimum atomic E-state index is -0.869. The Bertz CT molecular complexity index is 1050. The normalized spacial score (nSPS) is 11.3. The quantitative estimate of drug-likeness (QED) is 0.459. The predicted octanol–water partition coefficient (Wildman–Crippen LogP) is 2.93. The minimum absolute atomic E-state index is 0.253. The van der Waals surface area contributed by atoms with Gasteiger partial charge in [0.15, 0.2) is 6.61 Å². The van der Waals surface area contributed by atoms with Crippen molar-refractivity contribution in [3.63, 3.8) is 0 Å². The van der Waals surface area contributed by atoms with Crippen LogP contribution in [0.25, 0.3) is 0 Å². The Hall–Kier alpha value is -3.65. The van der Waals surface area contributed by atoms with Crippen LogP contribution in [0, 0.1) is 13.8 Å². The maximum Gasteiger partial charge on any atom is 0.276 e. The minimum Gasteiger partial charge on any atom is -0.483 e. The Morgan fingerprint density at radius 1 is 0.906 bits per heavy atom. The van der Waals surface area contributed by atoms with E-state index in [-0.39, 0.29) is 18.9 Å². The van der Waals surface area contributed by atoms with Gasteiger partial charge in [-0.05, 0) is 42.0 Å². The molecule has 0 spiro atoms. The Labute approximate surface area is 190 Å². The number of hydrogen-bond acceptors (Lipinski definition) is 5. The topological polar surface area (TPSA) is 96.5 Å². The first kappa shape index (κ1) is 23.0. The highest BCUT2D eigenvalue weighted by Gasteiger charge is 2.23. The van der Waals surface area contributed by atoms with Gasteiger partial charge in [-0.15, -0.1) is 11.3 Å². The van der Waals surface area contributed by atoms with Crippen molar-refractivity contribution in [2.45, 2.75) is 26.3 Å². The number of ether oxygens (including phenoxy) is 1. The van der Waals surface area contributed by atoms with Gasteiger partial charge in [-0.25, -0.2) is 0 Å². The van der Waals surface area contributed by atoms with Crippen molar-refractivity contribution in [1.82, 2.24) is 16.2 Å². The SMILES string of the molecule is Cc1cccc(C)c1OCC(=O)NNC(=O)[C@H](Cc1ccccc1)NC(=O)c1cccs1. The van der Waals surface area contributed by atoms with E-state index in [0.717, 1.165) is 16.7 Å². The maximum absolute atomic E-state index is 12.8. The second-order valence-corrected chi connectivity index (χ2v) is 8.19. The Morgan fingerprint density at radius 2 is 1.62 bits per heavy atom. The third kappa shape index (κ3) is 6.42. The second-order valence-electron chi connectivity index (χ2n) is 7.24. The Morgan fingerprint density at radius 3 is 2.28 bits per heavy atom. The number of hydrazine groups is 1. The summed E-state index contributed by atoms with van der Waals surface area (Å²) in [5.74, 6) is -0.747. The van der Waals surface area contributed by atoms with Gasteiger partial charge in [0.25, 0.3) is 17.7 Å². The molecule has 0 saturated heterocycles. The van der Waals surface area contributed by atoms with E-state index in [2.05, 4.69) is 16.2 Å². The number of aryl methyl sites for hydroxylation is 2. The first-order valence-electron chi connectivity index (χ1n) is 10.1. The summed E-state index contributed by atoms with van der Waals surface area (Å²) in [4.78, 5) is 37.9. The number of carbonyl (C=O) groups is 3. The lowest BCUT2D eigenvalue weighted by molar-refractivity contribution is -0.130. The van der Waals surface area contributed by atoms with Gasteiger partial charge in [0, 0.05) is 6.42 Å². The van der Waals surface area contributed by atoms with Crippen molar-refractivity contribution in [2.24, 2.45) is 0 Å². The first-order valence-corrected chi connectivity index (χ1v) is 11.0. The summed E-state index contributed by atoms with van der Waals surface area (Å²) in [7, 11) is 0. The van der Waals surface area contributed by atoms with E-state index in [4.69, 9.17) is 4.74 Å². The van der Waals surface area contributed by atoms with E-state index < -0.39 is 17.9 Å². The number of nitrogens with one attached hydrogen (secondary N) is 3. The molecule has 0 fully saturated rings. The van der Waals surface area contributed by atoms with E-state index in [9.17, 15) is 14.4 Å². The van der Waals surface area contributed by atoms with Crippen LogP contribution in [0.5, 0.6) is 5.75 Å². The summed E-state index contributed by atoms with van der Waals surface area (Å²) in [5, 5.41) is 4.53. The summed E-state index contributed by atoms with van der Waals surface area (Å²) >= 11 is 1.29. The fraction of sp³-hybridized carbons (Fsp3) is 0.208. The Balaban J connectivity index is 1.58. The molecule has 8 heteroatoms. The van der Waals surface area contributed by atoms with Crippen LogP contribution >= 0.6 is 11.3 Å². The van der Waals surface area contributed by atoms with Gasteiger partial charge in [0.2, 0.25) is 0 Å². The van der Waals surface area contributed by atoms with Crippen molar-refractivity contribution < 1.29 is 19.1 Å².